The van der Waals surface area contributed by atoms with E-state index in [2.05, 4.69) is 21.9 Å². The van der Waals surface area contributed by atoms with Gasteiger partial charge in [-0.25, -0.2) is 4.98 Å². The summed E-state index contributed by atoms with van der Waals surface area (Å²) in [5, 5.41) is 2.62. The highest BCUT2D eigenvalue weighted by atomic mass is 32.1. The molecule has 1 aromatic carbocycles. The van der Waals surface area contributed by atoms with Crippen LogP contribution in [-0.2, 0) is 16.0 Å². The zero-order chi connectivity index (χ0) is 17.7. The van der Waals surface area contributed by atoms with Crippen molar-refractivity contribution in [2.45, 2.75) is 27.2 Å². The molecule has 0 spiro atoms. The molecule has 0 bridgehead atoms. The second kappa shape index (κ2) is 7.92. The molecule has 1 heterocycles. The smallest absolute Gasteiger partial charge is 0.257 e. The first kappa shape index (κ1) is 17.9. The van der Waals surface area contributed by atoms with E-state index >= 15 is 0 Å². The van der Waals surface area contributed by atoms with Gasteiger partial charge in [-0.2, -0.15) is 0 Å². The van der Waals surface area contributed by atoms with Crippen LogP contribution in [0.5, 0.6) is 0 Å². The van der Waals surface area contributed by atoms with Crippen molar-refractivity contribution in [2.75, 3.05) is 18.5 Å². The van der Waals surface area contributed by atoms with Gasteiger partial charge in [-0.1, -0.05) is 17.7 Å². The Morgan fingerprint density at radius 2 is 1.88 bits per heavy atom. The first-order valence-electron chi connectivity index (χ1n) is 7.62. The van der Waals surface area contributed by atoms with Crippen molar-refractivity contribution in [3.8, 4) is 0 Å². The van der Waals surface area contributed by atoms with E-state index < -0.39 is 0 Å². The lowest BCUT2D eigenvalue weighted by Gasteiger charge is -2.21. The highest BCUT2D eigenvalue weighted by Gasteiger charge is 2.11. The van der Waals surface area contributed by atoms with E-state index in [4.69, 9.17) is 0 Å². The van der Waals surface area contributed by atoms with Gasteiger partial charge < -0.3 is 4.90 Å². The molecule has 1 aromatic heterocycles. The van der Waals surface area contributed by atoms with Gasteiger partial charge in [0.1, 0.15) is 5.01 Å². The fourth-order valence-electron chi connectivity index (χ4n) is 2.38. The number of benzene rings is 1. The Morgan fingerprint density at radius 1 is 1.17 bits per heavy atom. The molecule has 2 N–H and O–H groups in total. The summed E-state index contributed by atoms with van der Waals surface area (Å²) in [7, 11) is 1.84. The number of hydrogen-bond donors (Lipinski definition) is 2. The molecule has 0 saturated heterocycles. The Labute approximate surface area is 145 Å². The van der Waals surface area contributed by atoms with E-state index in [1.165, 1.54) is 16.9 Å². The van der Waals surface area contributed by atoms with Crippen molar-refractivity contribution < 1.29 is 9.59 Å². The molecule has 7 heteroatoms. The summed E-state index contributed by atoms with van der Waals surface area (Å²) in [6.45, 7) is 6.07. The number of nitrogens with zero attached hydrogens (tertiary/aromatic N) is 2. The first-order valence-corrected chi connectivity index (χ1v) is 8.50. The van der Waals surface area contributed by atoms with Crippen LogP contribution in [0.3, 0.4) is 0 Å². The molecule has 24 heavy (non-hydrogen) atoms. The zero-order valence-corrected chi connectivity index (χ0v) is 15.2. The molecule has 128 valence electrons. The number of anilines is 1. The third-order valence-corrected chi connectivity index (χ3v) is 4.43. The van der Waals surface area contributed by atoms with Gasteiger partial charge in [-0.3, -0.25) is 20.4 Å². The first-order chi connectivity index (χ1) is 11.3. The molecule has 6 nitrogen and oxygen atoms in total. The fourth-order valence-corrected chi connectivity index (χ4v) is 3.15. The molecule has 0 aliphatic carbocycles. The SMILES string of the molecule is Cc1ccc(N(C)CC(=O)NNC(=O)Cc2nc(C)cs2)c(C)c1. The third kappa shape index (κ3) is 5.06. The van der Waals surface area contributed by atoms with Gasteiger partial charge in [0.2, 0.25) is 5.91 Å². The van der Waals surface area contributed by atoms with Crippen LogP contribution < -0.4 is 15.8 Å². The molecule has 2 aromatic rings. The van der Waals surface area contributed by atoms with Crippen molar-refractivity contribution in [3.05, 3.63) is 45.4 Å². The Kier molecular flexibility index (Phi) is 5.92. The van der Waals surface area contributed by atoms with Crippen LogP contribution in [0.2, 0.25) is 0 Å². The average Bonchev–Trinajstić information content (AvgIpc) is 2.90. The second-order valence-electron chi connectivity index (χ2n) is 5.80. The molecule has 0 unspecified atom stereocenters. The molecule has 0 atom stereocenters. The number of rotatable bonds is 5. The summed E-state index contributed by atoms with van der Waals surface area (Å²) in [5.74, 6) is -0.562. The lowest BCUT2D eigenvalue weighted by molar-refractivity contribution is -0.127. The van der Waals surface area contributed by atoms with Crippen molar-refractivity contribution in [1.29, 1.82) is 0 Å². The van der Waals surface area contributed by atoms with E-state index in [9.17, 15) is 9.59 Å². The van der Waals surface area contributed by atoms with Gasteiger partial charge in [-0.05, 0) is 32.4 Å². The molecule has 0 fully saturated rings. The topological polar surface area (TPSA) is 74.3 Å². The van der Waals surface area contributed by atoms with Gasteiger partial charge >= 0.3 is 0 Å². The van der Waals surface area contributed by atoms with Crippen LogP contribution >= 0.6 is 11.3 Å². The van der Waals surface area contributed by atoms with Gasteiger partial charge in [0.05, 0.1) is 13.0 Å². The van der Waals surface area contributed by atoms with Gasteiger partial charge in [0.25, 0.3) is 5.91 Å². The quantitative estimate of drug-likeness (QED) is 0.811. The van der Waals surface area contributed by atoms with E-state index in [1.54, 1.807) is 0 Å². The summed E-state index contributed by atoms with van der Waals surface area (Å²) in [6.07, 6.45) is 0.158. The van der Waals surface area contributed by atoms with Crippen molar-refractivity contribution in [2.24, 2.45) is 0 Å². The zero-order valence-electron chi connectivity index (χ0n) is 14.3. The third-order valence-electron chi connectivity index (χ3n) is 3.46. The summed E-state index contributed by atoms with van der Waals surface area (Å²) in [6, 6.07) is 6.07. The van der Waals surface area contributed by atoms with E-state index in [-0.39, 0.29) is 24.8 Å². The predicted molar refractivity (Wildman–Crippen MR) is 96.0 cm³/mol. The average molecular weight is 346 g/mol. The minimum Gasteiger partial charge on any atom is -0.365 e. The van der Waals surface area contributed by atoms with Gasteiger partial charge in [0, 0.05) is 23.8 Å². The summed E-state index contributed by atoms with van der Waals surface area (Å²) in [4.78, 5) is 29.9. The molecule has 2 amide bonds. The highest BCUT2D eigenvalue weighted by Crippen LogP contribution is 2.19. The minimum atomic E-state index is -0.285. The number of hydrazine groups is 1. The van der Waals surface area contributed by atoms with Crippen LogP contribution in [0.25, 0.3) is 0 Å². The Morgan fingerprint density at radius 3 is 2.50 bits per heavy atom. The number of carbonyl (C=O) groups excluding carboxylic acids is 2. The monoisotopic (exact) mass is 346 g/mol. The number of hydrogen-bond acceptors (Lipinski definition) is 5. The maximum Gasteiger partial charge on any atom is 0.257 e. The number of likely N-dealkylation sites (N-methyl/N-ethyl adjacent to an activating group) is 1. The van der Waals surface area contributed by atoms with E-state index in [0.717, 1.165) is 22.0 Å². The summed E-state index contributed by atoms with van der Waals surface area (Å²) in [5.41, 5.74) is 9.02. The fraction of sp³-hybridized carbons (Fsp3) is 0.353. The van der Waals surface area contributed by atoms with Gasteiger partial charge in [0.15, 0.2) is 0 Å². The minimum absolute atomic E-state index is 0.153. The molecule has 0 aliphatic heterocycles. The van der Waals surface area contributed by atoms with E-state index in [0.29, 0.717) is 0 Å². The molecular formula is C17H22N4O2S. The summed E-state index contributed by atoms with van der Waals surface area (Å²) < 4.78 is 0. The Bertz CT molecular complexity index is 742. The lowest BCUT2D eigenvalue weighted by atomic mass is 10.1. The molecule has 0 radical (unpaired) electrons. The number of thiazole rings is 1. The molecule has 0 saturated carbocycles. The highest BCUT2D eigenvalue weighted by molar-refractivity contribution is 7.09. The number of nitrogens with one attached hydrogen (secondary N) is 2. The Balaban J connectivity index is 1.81. The maximum atomic E-state index is 12.0. The largest absolute Gasteiger partial charge is 0.365 e. The lowest BCUT2D eigenvalue weighted by Crippen LogP contribution is -2.46. The number of carbonyl (C=O) groups is 2. The van der Waals surface area contributed by atoms with Crippen LogP contribution in [-0.4, -0.2) is 30.4 Å². The van der Waals surface area contributed by atoms with Crippen LogP contribution in [0.1, 0.15) is 21.8 Å². The van der Waals surface area contributed by atoms with E-state index in [1.807, 2.05) is 50.2 Å². The second-order valence-corrected chi connectivity index (χ2v) is 6.74. The van der Waals surface area contributed by atoms with Gasteiger partial charge in [-0.15, -0.1) is 11.3 Å². The van der Waals surface area contributed by atoms with Crippen LogP contribution in [0.4, 0.5) is 5.69 Å². The normalized spacial score (nSPS) is 10.3. The molecular weight excluding hydrogens is 324 g/mol. The number of amides is 2. The number of aromatic nitrogens is 1. The predicted octanol–water partition coefficient (Wildman–Crippen LogP) is 1.89. The van der Waals surface area contributed by atoms with Crippen molar-refractivity contribution in [1.82, 2.24) is 15.8 Å². The molecule has 2 rings (SSSR count). The Hall–Kier alpha value is -2.41. The maximum absolute atomic E-state index is 12.0. The molecule has 0 aliphatic rings. The number of aryl methyl sites for hydroxylation is 3. The van der Waals surface area contributed by atoms with Crippen LogP contribution in [0.15, 0.2) is 23.6 Å². The van der Waals surface area contributed by atoms with Crippen molar-refractivity contribution in [3.63, 3.8) is 0 Å². The summed E-state index contributed by atoms with van der Waals surface area (Å²) >= 11 is 1.43. The van der Waals surface area contributed by atoms with Crippen molar-refractivity contribution >= 4 is 28.8 Å². The standard InChI is InChI=1S/C17H22N4O2S/c1-11-5-6-14(12(2)7-11)21(4)9-16(23)20-19-15(22)8-17-18-13(3)10-24-17/h5-7,10H,8-9H2,1-4H3,(H,19,22)(H,20,23). The van der Waals surface area contributed by atoms with Crippen LogP contribution in [0, 0.1) is 20.8 Å².